The number of carbonyl (C=O) groups excluding carboxylic acids is 2. The maximum atomic E-state index is 15.0. The monoisotopic (exact) mass is 336 g/mol. The smallest absolute Gasteiger partial charge is 0.410 e. The Morgan fingerprint density at radius 2 is 1.92 bits per heavy atom. The minimum atomic E-state index is -2.08. The fourth-order valence-corrected chi connectivity index (χ4v) is 2.59. The number of nitrogens with zero attached hydrogens (tertiary/aromatic N) is 1. The van der Waals surface area contributed by atoms with Crippen molar-refractivity contribution in [2.75, 3.05) is 13.1 Å². The van der Waals surface area contributed by atoms with Crippen molar-refractivity contribution in [3.63, 3.8) is 0 Å². The van der Waals surface area contributed by atoms with E-state index in [9.17, 15) is 14.0 Å². The second kappa shape index (κ2) is 6.79. The zero-order valence-electron chi connectivity index (χ0n) is 14.6. The molecule has 0 aromatic heterocycles. The average molecular weight is 336 g/mol. The lowest BCUT2D eigenvalue weighted by Crippen LogP contribution is -2.47. The summed E-state index contributed by atoms with van der Waals surface area (Å²) in [4.78, 5) is 25.6. The van der Waals surface area contributed by atoms with Crippen LogP contribution in [0.5, 0.6) is 0 Å². The van der Waals surface area contributed by atoms with Crippen molar-refractivity contribution >= 4 is 12.0 Å². The Morgan fingerprint density at radius 3 is 2.50 bits per heavy atom. The minimum absolute atomic E-state index is 0.0282. The van der Waals surface area contributed by atoms with E-state index in [0.717, 1.165) is 5.56 Å². The molecule has 24 heavy (non-hydrogen) atoms. The number of likely N-dealkylation sites (tertiary alicyclic amines) is 1. The van der Waals surface area contributed by atoms with Gasteiger partial charge in [-0.1, -0.05) is 30.3 Å². The number of ether oxygens (including phenoxy) is 1. The number of alkyl halides is 1. The number of hydrogen-bond donors (Lipinski definition) is 1. The molecule has 1 aliphatic heterocycles. The molecule has 2 atom stereocenters. The van der Waals surface area contributed by atoms with Crippen molar-refractivity contribution < 1.29 is 18.7 Å². The highest BCUT2D eigenvalue weighted by Crippen LogP contribution is 2.28. The van der Waals surface area contributed by atoms with E-state index in [1.54, 1.807) is 27.7 Å². The lowest BCUT2D eigenvalue weighted by atomic mass is 10.0. The van der Waals surface area contributed by atoms with Crippen molar-refractivity contribution in [2.45, 2.75) is 51.4 Å². The lowest BCUT2D eigenvalue weighted by molar-refractivity contribution is -0.132. The molecule has 6 heteroatoms. The van der Waals surface area contributed by atoms with Gasteiger partial charge < -0.3 is 15.0 Å². The molecule has 5 nitrogen and oxygen atoms in total. The molecular weight excluding hydrogens is 311 g/mol. The van der Waals surface area contributed by atoms with E-state index in [0.29, 0.717) is 0 Å². The SMILES string of the molecule is CC(NC(=O)C1(F)CCN(C(=O)OC(C)(C)C)C1)c1ccccc1. The third kappa shape index (κ3) is 4.46. The topological polar surface area (TPSA) is 58.6 Å². The van der Waals surface area contributed by atoms with Gasteiger partial charge in [-0.3, -0.25) is 4.79 Å². The molecule has 0 aliphatic carbocycles. The summed E-state index contributed by atoms with van der Waals surface area (Å²) in [5, 5.41) is 2.69. The minimum Gasteiger partial charge on any atom is -0.444 e. The highest BCUT2D eigenvalue weighted by molar-refractivity contribution is 5.87. The summed E-state index contributed by atoms with van der Waals surface area (Å²) in [6, 6.07) is 9.05. The van der Waals surface area contributed by atoms with Gasteiger partial charge in [-0.25, -0.2) is 9.18 Å². The van der Waals surface area contributed by atoms with E-state index in [4.69, 9.17) is 4.74 Å². The summed E-state index contributed by atoms with van der Waals surface area (Å²) in [7, 11) is 0. The van der Waals surface area contributed by atoms with E-state index >= 15 is 0 Å². The predicted octanol–water partition coefficient (Wildman–Crippen LogP) is 3.21. The van der Waals surface area contributed by atoms with Crippen LogP contribution in [0.15, 0.2) is 30.3 Å². The number of hydrogen-bond acceptors (Lipinski definition) is 3. The number of nitrogens with one attached hydrogen (secondary N) is 1. The molecule has 1 N–H and O–H groups in total. The molecule has 2 unspecified atom stereocenters. The molecule has 1 saturated heterocycles. The van der Waals surface area contributed by atoms with Crippen molar-refractivity contribution in [1.29, 1.82) is 0 Å². The van der Waals surface area contributed by atoms with Gasteiger partial charge in [0.1, 0.15) is 5.60 Å². The summed E-state index contributed by atoms with van der Waals surface area (Å²) in [6.07, 6.45) is -0.620. The Balaban J connectivity index is 1.96. The first-order valence-corrected chi connectivity index (χ1v) is 8.13. The van der Waals surface area contributed by atoms with Crippen LogP contribution in [0.25, 0.3) is 0 Å². The Kier molecular flexibility index (Phi) is 5.16. The summed E-state index contributed by atoms with van der Waals surface area (Å²) in [5.41, 5.74) is -1.83. The Labute approximate surface area is 142 Å². The third-order valence-electron chi connectivity index (χ3n) is 3.93. The van der Waals surface area contributed by atoms with Crippen molar-refractivity contribution in [3.05, 3.63) is 35.9 Å². The van der Waals surface area contributed by atoms with Crippen molar-refractivity contribution in [1.82, 2.24) is 10.2 Å². The van der Waals surface area contributed by atoms with Gasteiger partial charge in [-0.05, 0) is 33.3 Å². The molecule has 0 radical (unpaired) electrons. The predicted molar refractivity (Wildman–Crippen MR) is 89.3 cm³/mol. The molecular formula is C18H25FN2O3. The first-order valence-electron chi connectivity index (χ1n) is 8.13. The van der Waals surface area contributed by atoms with Crippen LogP contribution in [-0.2, 0) is 9.53 Å². The highest BCUT2D eigenvalue weighted by Gasteiger charge is 2.47. The van der Waals surface area contributed by atoms with Gasteiger partial charge in [0.25, 0.3) is 5.91 Å². The number of carbonyl (C=O) groups is 2. The van der Waals surface area contributed by atoms with Crippen molar-refractivity contribution in [2.24, 2.45) is 0 Å². The average Bonchev–Trinajstić information content (AvgIpc) is 2.90. The van der Waals surface area contributed by atoms with Gasteiger partial charge in [0.05, 0.1) is 12.6 Å². The number of amides is 2. The molecule has 0 spiro atoms. The maximum Gasteiger partial charge on any atom is 0.410 e. The Hall–Kier alpha value is -2.11. The van der Waals surface area contributed by atoms with Crippen LogP contribution in [0.3, 0.4) is 0 Å². The van der Waals surface area contributed by atoms with Crippen LogP contribution in [0.2, 0.25) is 0 Å². The van der Waals surface area contributed by atoms with Crippen LogP contribution in [0.1, 0.15) is 45.7 Å². The normalized spacial score (nSPS) is 22.1. The molecule has 1 fully saturated rings. The van der Waals surface area contributed by atoms with Crippen LogP contribution in [-0.4, -0.2) is 41.3 Å². The molecule has 1 aromatic carbocycles. The number of halogens is 1. The Bertz CT molecular complexity index is 600. The van der Waals surface area contributed by atoms with Gasteiger partial charge in [0, 0.05) is 13.0 Å². The summed E-state index contributed by atoms with van der Waals surface area (Å²) < 4.78 is 20.2. The second-order valence-corrected chi connectivity index (χ2v) is 7.22. The Morgan fingerprint density at radius 1 is 1.29 bits per heavy atom. The maximum absolute atomic E-state index is 15.0. The largest absolute Gasteiger partial charge is 0.444 e. The summed E-state index contributed by atoms with van der Waals surface area (Å²) >= 11 is 0. The zero-order chi connectivity index (χ0) is 18.0. The number of benzene rings is 1. The zero-order valence-corrected chi connectivity index (χ0v) is 14.6. The van der Waals surface area contributed by atoms with E-state index in [2.05, 4.69) is 5.32 Å². The van der Waals surface area contributed by atoms with Gasteiger partial charge >= 0.3 is 6.09 Å². The van der Waals surface area contributed by atoms with Crippen molar-refractivity contribution in [3.8, 4) is 0 Å². The van der Waals surface area contributed by atoms with Gasteiger partial charge in [-0.2, -0.15) is 0 Å². The highest BCUT2D eigenvalue weighted by atomic mass is 19.1. The van der Waals surface area contributed by atoms with Gasteiger partial charge in [-0.15, -0.1) is 0 Å². The van der Waals surface area contributed by atoms with Crippen LogP contribution in [0, 0.1) is 0 Å². The quantitative estimate of drug-likeness (QED) is 0.922. The van der Waals surface area contributed by atoms with Gasteiger partial charge in [0.2, 0.25) is 5.67 Å². The molecule has 2 amide bonds. The van der Waals surface area contributed by atoms with E-state index in [1.165, 1.54) is 4.90 Å². The standard InChI is InChI=1S/C18H25FN2O3/c1-13(14-8-6-5-7-9-14)20-15(22)18(19)10-11-21(12-18)16(23)24-17(2,3)4/h5-9,13H,10-12H2,1-4H3,(H,20,22). The first-order chi connectivity index (χ1) is 11.1. The summed E-state index contributed by atoms with van der Waals surface area (Å²) in [5.74, 6) is -0.690. The molecule has 1 heterocycles. The molecule has 2 rings (SSSR count). The molecule has 0 bridgehead atoms. The number of rotatable bonds is 3. The third-order valence-corrected chi connectivity index (χ3v) is 3.93. The van der Waals surface area contributed by atoms with E-state index < -0.39 is 23.3 Å². The fourth-order valence-electron chi connectivity index (χ4n) is 2.59. The van der Waals surface area contributed by atoms with Crippen LogP contribution in [0.4, 0.5) is 9.18 Å². The van der Waals surface area contributed by atoms with Crippen LogP contribution >= 0.6 is 0 Å². The van der Waals surface area contributed by atoms with E-state index in [1.807, 2.05) is 30.3 Å². The lowest BCUT2D eigenvalue weighted by Gasteiger charge is -2.25. The fraction of sp³-hybridized carbons (Fsp3) is 0.556. The van der Waals surface area contributed by atoms with Crippen LogP contribution < -0.4 is 5.32 Å². The molecule has 0 saturated carbocycles. The van der Waals surface area contributed by atoms with Gasteiger partial charge in [0.15, 0.2) is 0 Å². The molecule has 1 aromatic rings. The molecule has 1 aliphatic rings. The summed E-state index contributed by atoms with van der Waals surface area (Å²) in [6.45, 7) is 6.93. The molecule has 132 valence electrons. The van der Waals surface area contributed by atoms with E-state index in [-0.39, 0.29) is 25.6 Å². The first kappa shape index (κ1) is 18.2. The second-order valence-electron chi connectivity index (χ2n) is 7.22.